The van der Waals surface area contributed by atoms with Crippen molar-refractivity contribution in [2.24, 2.45) is 5.92 Å². The van der Waals surface area contributed by atoms with Crippen LogP contribution in [0, 0.1) is 18.3 Å². The molecule has 1 heterocycles. The van der Waals surface area contributed by atoms with Crippen LogP contribution >= 0.6 is 15.9 Å². The molecule has 0 aliphatic heterocycles. The topological polar surface area (TPSA) is 46.9 Å². The zero-order chi connectivity index (χ0) is 13.0. The van der Waals surface area contributed by atoms with Crippen LogP contribution in [0.3, 0.4) is 0 Å². The average Bonchev–Trinajstić information content (AvgIpc) is 2.28. The third-order valence-electron chi connectivity index (χ3n) is 2.61. The van der Waals surface area contributed by atoms with Gasteiger partial charge in [-0.15, -0.1) is 6.42 Å². The molecule has 1 aromatic rings. The van der Waals surface area contributed by atoms with E-state index in [1.165, 1.54) is 4.68 Å². The maximum atomic E-state index is 11.8. The largest absolute Gasteiger partial charge is 0.380 e. The lowest BCUT2D eigenvalue weighted by atomic mass is 10.1. The van der Waals surface area contributed by atoms with E-state index in [0.717, 1.165) is 0 Å². The minimum Gasteiger partial charge on any atom is -0.380 e. The van der Waals surface area contributed by atoms with Crippen molar-refractivity contribution in [1.82, 2.24) is 9.78 Å². The molecule has 1 atom stereocenters. The maximum absolute atomic E-state index is 11.8. The Balaban J connectivity index is 3.02. The van der Waals surface area contributed by atoms with E-state index < -0.39 is 0 Å². The monoisotopic (exact) mass is 297 g/mol. The van der Waals surface area contributed by atoms with E-state index in [4.69, 9.17) is 6.42 Å². The fourth-order valence-corrected chi connectivity index (χ4v) is 1.60. The van der Waals surface area contributed by atoms with Crippen molar-refractivity contribution in [3.8, 4) is 12.3 Å². The Bertz CT molecular complexity index is 488. The summed E-state index contributed by atoms with van der Waals surface area (Å²) in [4.78, 5) is 11.8. The predicted octanol–water partition coefficient (Wildman–Crippen LogP) is 2.10. The first-order chi connectivity index (χ1) is 7.97. The summed E-state index contributed by atoms with van der Waals surface area (Å²) in [5.74, 6) is 2.86. The summed E-state index contributed by atoms with van der Waals surface area (Å²) in [6.45, 7) is 6.46. The molecular weight excluding hydrogens is 282 g/mol. The second kappa shape index (κ2) is 5.87. The van der Waals surface area contributed by atoms with Gasteiger partial charge in [0.2, 0.25) is 0 Å². The van der Waals surface area contributed by atoms with E-state index in [1.807, 2.05) is 0 Å². The molecule has 5 heteroatoms. The fourth-order valence-electron chi connectivity index (χ4n) is 1.18. The molecule has 0 radical (unpaired) electrons. The molecule has 0 amide bonds. The van der Waals surface area contributed by atoms with Crippen LogP contribution in [0.1, 0.15) is 20.8 Å². The van der Waals surface area contributed by atoms with Crippen molar-refractivity contribution in [2.75, 3.05) is 5.32 Å². The van der Waals surface area contributed by atoms with Gasteiger partial charge in [-0.05, 0) is 28.8 Å². The van der Waals surface area contributed by atoms with E-state index in [9.17, 15) is 4.79 Å². The molecule has 4 nitrogen and oxygen atoms in total. The number of hydrogen-bond acceptors (Lipinski definition) is 3. The summed E-state index contributed by atoms with van der Waals surface area (Å²) >= 11 is 3.27. The van der Waals surface area contributed by atoms with E-state index in [1.54, 1.807) is 6.20 Å². The second-order valence-electron chi connectivity index (χ2n) is 4.22. The molecule has 0 fully saturated rings. The summed E-state index contributed by atoms with van der Waals surface area (Å²) in [6.07, 6.45) is 6.77. The van der Waals surface area contributed by atoms with Gasteiger partial charge >= 0.3 is 0 Å². The number of halogens is 1. The van der Waals surface area contributed by atoms with Gasteiger partial charge in [0.1, 0.15) is 11.0 Å². The van der Waals surface area contributed by atoms with Gasteiger partial charge in [0, 0.05) is 6.04 Å². The van der Waals surface area contributed by atoms with Crippen LogP contribution in [0.15, 0.2) is 15.5 Å². The van der Waals surface area contributed by atoms with Gasteiger partial charge in [-0.2, -0.15) is 5.10 Å². The Labute approximate surface area is 110 Å². The molecule has 0 aliphatic carbocycles. The number of hydrogen-bond donors (Lipinski definition) is 1. The SMILES string of the molecule is C#CCn1ncc(NC(C)C(C)C)c(Br)c1=O. The third-order valence-corrected chi connectivity index (χ3v) is 3.38. The van der Waals surface area contributed by atoms with Gasteiger partial charge in [-0.25, -0.2) is 4.68 Å². The minimum absolute atomic E-state index is 0.178. The van der Waals surface area contributed by atoms with Crippen LogP contribution in [0.5, 0.6) is 0 Å². The van der Waals surface area contributed by atoms with Gasteiger partial charge in [-0.1, -0.05) is 19.8 Å². The quantitative estimate of drug-likeness (QED) is 0.866. The number of aromatic nitrogens is 2. The molecule has 17 heavy (non-hydrogen) atoms. The molecule has 92 valence electrons. The molecule has 1 N–H and O–H groups in total. The highest BCUT2D eigenvalue weighted by Crippen LogP contribution is 2.18. The number of nitrogens with one attached hydrogen (secondary N) is 1. The first kappa shape index (κ1) is 13.8. The molecule has 0 saturated heterocycles. The highest BCUT2D eigenvalue weighted by molar-refractivity contribution is 9.10. The van der Waals surface area contributed by atoms with Crippen molar-refractivity contribution in [3.05, 3.63) is 21.0 Å². The number of rotatable bonds is 4. The normalized spacial score (nSPS) is 12.2. The third kappa shape index (κ3) is 3.34. The molecular formula is C12H16BrN3O. The summed E-state index contributed by atoms with van der Waals surface area (Å²) in [5, 5.41) is 7.26. The number of terminal acetylenes is 1. The lowest BCUT2D eigenvalue weighted by Gasteiger charge is -2.19. The first-order valence-electron chi connectivity index (χ1n) is 5.43. The van der Waals surface area contributed by atoms with Crippen molar-refractivity contribution in [3.63, 3.8) is 0 Å². The average molecular weight is 298 g/mol. The summed E-state index contributed by atoms with van der Waals surface area (Å²) in [6, 6.07) is 0.260. The molecule has 0 bridgehead atoms. The van der Waals surface area contributed by atoms with E-state index in [0.29, 0.717) is 16.1 Å². The Kier molecular flexibility index (Phi) is 4.76. The minimum atomic E-state index is -0.219. The number of anilines is 1. The van der Waals surface area contributed by atoms with Crippen molar-refractivity contribution in [2.45, 2.75) is 33.4 Å². The lowest BCUT2D eigenvalue weighted by Crippen LogP contribution is -2.27. The molecule has 0 spiro atoms. The zero-order valence-electron chi connectivity index (χ0n) is 10.2. The van der Waals surface area contributed by atoms with Crippen LogP contribution < -0.4 is 10.9 Å². The molecule has 1 aromatic heterocycles. The lowest BCUT2D eigenvalue weighted by molar-refractivity contribution is 0.558. The fraction of sp³-hybridized carbons (Fsp3) is 0.500. The van der Waals surface area contributed by atoms with Crippen LogP contribution in [0.25, 0.3) is 0 Å². The van der Waals surface area contributed by atoms with Crippen LogP contribution in [0.4, 0.5) is 5.69 Å². The first-order valence-corrected chi connectivity index (χ1v) is 6.22. The maximum Gasteiger partial charge on any atom is 0.284 e. The Morgan fingerprint density at radius 2 is 2.24 bits per heavy atom. The molecule has 0 aliphatic rings. The van der Waals surface area contributed by atoms with Gasteiger partial charge in [0.15, 0.2) is 0 Å². The van der Waals surface area contributed by atoms with E-state index >= 15 is 0 Å². The Hall–Kier alpha value is -1.28. The molecule has 0 saturated carbocycles. The predicted molar refractivity (Wildman–Crippen MR) is 73.0 cm³/mol. The van der Waals surface area contributed by atoms with Crippen molar-refractivity contribution >= 4 is 21.6 Å². The second-order valence-corrected chi connectivity index (χ2v) is 5.01. The van der Waals surface area contributed by atoms with E-state index in [-0.39, 0.29) is 18.1 Å². The summed E-state index contributed by atoms with van der Waals surface area (Å²) in [5.41, 5.74) is 0.480. The van der Waals surface area contributed by atoms with E-state index in [2.05, 4.69) is 53.0 Å². The van der Waals surface area contributed by atoms with Crippen LogP contribution in [-0.2, 0) is 6.54 Å². The van der Waals surface area contributed by atoms with Gasteiger partial charge in [-0.3, -0.25) is 4.79 Å². The highest BCUT2D eigenvalue weighted by atomic mass is 79.9. The summed E-state index contributed by atoms with van der Waals surface area (Å²) < 4.78 is 1.71. The zero-order valence-corrected chi connectivity index (χ0v) is 11.8. The van der Waals surface area contributed by atoms with Gasteiger partial charge in [0.05, 0.1) is 11.9 Å². The molecule has 1 rings (SSSR count). The van der Waals surface area contributed by atoms with Gasteiger partial charge < -0.3 is 5.32 Å². The van der Waals surface area contributed by atoms with Gasteiger partial charge in [0.25, 0.3) is 5.56 Å². The highest BCUT2D eigenvalue weighted by Gasteiger charge is 2.12. The smallest absolute Gasteiger partial charge is 0.284 e. The number of nitrogens with zero attached hydrogens (tertiary/aromatic N) is 2. The van der Waals surface area contributed by atoms with Crippen LogP contribution in [0.2, 0.25) is 0 Å². The van der Waals surface area contributed by atoms with Crippen molar-refractivity contribution < 1.29 is 0 Å². The van der Waals surface area contributed by atoms with Crippen molar-refractivity contribution in [1.29, 1.82) is 0 Å². The Morgan fingerprint density at radius 1 is 1.59 bits per heavy atom. The van der Waals surface area contributed by atoms with Crippen LogP contribution in [-0.4, -0.2) is 15.8 Å². The summed E-state index contributed by atoms with van der Waals surface area (Å²) in [7, 11) is 0. The Morgan fingerprint density at radius 3 is 2.76 bits per heavy atom. The standard InChI is InChI=1S/C12H16BrN3O/c1-5-6-16-12(17)11(13)10(7-14-16)15-9(4)8(2)3/h1,7-9,15H,6H2,2-4H3. The molecule has 0 aromatic carbocycles. The molecule has 1 unspecified atom stereocenters.